The topological polar surface area (TPSA) is 82.8 Å². The standard InChI is InChI=1S/C22H26N6O2/c1-16-7-5-8-18(15-16)21(29)26-10-6-11-27(14-13-26)22(30)23-17(2)20-25-24-19-9-3-4-12-28(19)20/h3-5,7-9,12,15,17H,6,10-11,13-14H2,1-2H3,(H,23,30). The molecule has 0 spiro atoms. The number of pyridine rings is 1. The molecular formula is C22H26N6O2. The maximum Gasteiger partial charge on any atom is 0.318 e. The molecule has 4 rings (SSSR count). The van der Waals surface area contributed by atoms with Gasteiger partial charge in [-0.05, 0) is 44.5 Å². The highest BCUT2D eigenvalue weighted by Gasteiger charge is 2.24. The van der Waals surface area contributed by atoms with Crippen molar-refractivity contribution in [1.82, 2.24) is 29.7 Å². The lowest BCUT2D eigenvalue weighted by Crippen LogP contribution is -2.43. The van der Waals surface area contributed by atoms with E-state index < -0.39 is 0 Å². The Morgan fingerprint density at radius 2 is 1.80 bits per heavy atom. The van der Waals surface area contributed by atoms with E-state index in [0.29, 0.717) is 37.6 Å². The van der Waals surface area contributed by atoms with Crippen LogP contribution in [0.1, 0.15) is 41.1 Å². The molecule has 0 bridgehead atoms. The van der Waals surface area contributed by atoms with Crippen molar-refractivity contribution in [2.45, 2.75) is 26.3 Å². The lowest BCUT2D eigenvalue weighted by atomic mass is 10.1. The quantitative estimate of drug-likeness (QED) is 0.725. The van der Waals surface area contributed by atoms with E-state index in [1.54, 1.807) is 4.90 Å². The molecule has 3 heterocycles. The van der Waals surface area contributed by atoms with Gasteiger partial charge in [-0.2, -0.15) is 0 Å². The number of nitrogens with one attached hydrogen (secondary N) is 1. The van der Waals surface area contributed by atoms with Crippen molar-refractivity contribution >= 4 is 17.6 Å². The van der Waals surface area contributed by atoms with E-state index in [9.17, 15) is 9.59 Å². The summed E-state index contributed by atoms with van der Waals surface area (Å²) in [5, 5.41) is 11.4. The Bertz CT molecular complexity index is 1060. The summed E-state index contributed by atoms with van der Waals surface area (Å²) in [7, 11) is 0. The molecule has 8 heteroatoms. The van der Waals surface area contributed by atoms with Gasteiger partial charge in [0.25, 0.3) is 5.91 Å². The van der Waals surface area contributed by atoms with Crippen LogP contribution in [0.25, 0.3) is 5.65 Å². The summed E-state index contributed by atoms with van der Waals surface area (Å²) >= 11 is 0. The molecule has 1 fully saturated rings. The van der Waals surface area contributed by atoms with Gasteiger partial charge in [0, 0.05) is 37.9 Å². The number of benzene rings is 1. The van der Waals surface area contributed by atoms with Gasteiger partial charge in [0.15, 0.2) is 11.5 Å². The van der Waals surface area contributed by atoms with Gasteiger partial charge in [0.2, 0.25) is 0 Å². The summed E-state index contributed by atoms with van der Waals surface area (Å²) < 4.78 is 1.87. The number of aryl methyl sites for hydroxylation is 1. The minimum atomic E-state index is -0.289. The van der Waals surface area contributed by atoms with Crippen molar-refractivity contribution in [2.24, 2.45) is 0 Å². The number of carbonyl (C=O) groups excluding carboxylic acids is 2. The van der Waals surface area contributed by atoms with Crippen molar-refractivity contribution in [2.75, 3.05) is 26.2 Å². The average Bonchev–Trinajstić information content (AvgIpc) is 3.02. The third-order valence-electron chi connectivity index (χ3n) is 5.40. The first kappa shape index (κ1) is 19.9. The lowest BCUT2D eigenvalue weighted by molar-refractivity contribution is 0.0762. The third kappa shape index (κ3) is 4.12. The molecule has 1 saturated heterocycles. The smallest absolute Gasteiger partial charge is 0.318 e. The first-order valence-corrected chi connectivity index (χ1v) is 10.2. The molecule has 1 unspecified atom stereocenters. The molecule has 1 aliphatic heterocycles. The summed E-state index contributed by atoms with van der Waals surface area (Å²) in [5.41, 5.74) is 2.50. The van der Waals surface area contributed by atoms with Gasteiger partial charge in [0.05, 0.1) is 6.04 Å². The number of hydrogen-bond acceptors (Lipinski definition) is 4. The molecule has 30 heavy (non-hydrogen) atoms. The molecule has 1 aromatic carbocycles. The van der Waals surface area contributed by atoms with Crippen LogP contribution >= 0.6 is 0 Å². The SMILES string of the molecule is Cc1cccc(C(=O)N2CCCN(C(=O)NC(C)c3nnc4ccccn34)CC2)c1. The third-order valence-corrected chi connectivity index (χ3v) is 5.40. The average molecular weight is 406 g/mol. The molecule has 2 aromatic heterocycles. The molecule has 3 amide bonds. The first-order valence-electron chi connectivity index (χ1n) is 10.2. The van der Waals surface area contributed by atoms with Crippen molar-refractivity contribution in [1.29, 1.82) is 0 Å². The van der Waals surface area contributed by atoms with E-state index in [2.05, 4.69) is 15.5 Å². The van der Waals surface area contributed by atoms with E-state index in [4.69, 9.17) is 0 Å². The molecule has 0 aliphatic carbocycles. The number of aromatic nitrogens is 3. The fourth-order valence-electron chi connectivity index (χ4n) is 3.78. The Kier molecular flexibility index (Phi) is 5.65. The zero-order valence-corrected chi connectivity index (χ0v) is 17.3. The van der Waals surface area contributed by atoms with Crippen LogP contribution in [0.4, 0.5) is 4.79 Å². The van der Waals surface area contributed by atoms with Crippen LogP contribution < -0.4 is 5.32 Å². The minimum absolute atomic E-state index is 0.0178. The van der Waals surface area contributed by atoms with Crippen LogP contribution in [0.5, 0.6) is 0 Å². The number of urea groups is 1. The van der Waals surface area contributed by atoms with Crippen LogP contribution in [0.15, 0.2) is 48.7 Å². The van der Waals surface area contributed by atoms with Crippen LogP contribution in [-0.2, 0) is 0 Å². The second-order valence-electron chi connectivity index (χ2n) is 7.66. The van der Waals surface area contributed by atoms with E-state index in [1.165, 1.54) is 0 Å². The highest BCUT2D eigenvalue weighted by Crippen LogP contribution is 2.14. The van der Waals surface area contributed by atoms with Crippen LogP contribution in [0.2, 0.25) is 0 Å². The maximum atomic E-state index is 12.8. The van der Waals surface area contributed by atoms with Gasteiger partial charge < -0.3 is 15.1 Å². The Balaban J connectivity index is 1.38. The molecule has 8 nitrogen and oxygen atoms in total. The van der Waals surface area contributed by atoms with Crippen LogP contribution in [0, 0.1) is 6.92 Å². The van der Waals surface area contributed by atoms with E-state index in [0.717, 1.165) is 17.6 Å². The van der Waals surface area contributed by atoms with Gasteiger partial charge >= 0.3 is 6.03 Å². The van der Waals surface area contributed by atoms with E-state index in [-0.39, 0.29) is 18.0 Å². The second-order valence-corrected chi connectivity index (χ2v) is 7.66. The predicted molar refractivity (Wildman–Crippen MR) is 113 cm³/mol. The van der Waals surface area contributed by atoms with Gasteiger partial charge in [-0.15, -0.1) is 10.2 Å². The Labute approximate surface area is 175 Å². The zero-order valence-electron chi connectivity index (χ0n) is 17.3. The number of nitrogens with zero attached hydrogens (tertiary/aromatic N) is 5. The number of amides is 3. The normalized spacial score (nSPS) is 15.7. The molecule has 1 aliphatic rings. The van der Waals surface area contributed by atoms with Crippen LogP contribution in [0.3, 0.4) is 0 Å². The van der Waals surface area contributed by atoms with Gasteiger partial charge in [0.1, 0.15) is 0 Å². The molecule has 1 atom stereocenters. The monoisotopic (exact) mass is 406 g/mol. The van der Waals surface area contributed by atoms with Crippen molar-refractivity contribution < 1.29 is 9.59 Å². The predicted octanol–water partition coefficient (Wildman–Crippen LogP) is 2.66. The Morgan fingerprint density at radius 1 is 1.00 bits per heavy atom. The fraction of sp³-hybridized carbons (Fsp3) is 0.364. The summed E-state index contributed by atoms with van der Waals surface area (Å²) in [6.45, 7) is 6.13. The summed E-state index contributed by atoms with van der Waals surface area (Å²) in [6.07, 6.45) is 2.63. The van der Waals surface area contributed by atoms with Crippen molar-refractivity contribution in [3.63, 3.8) is 0 Å². The second kappa shape index (κ2) is 8.52. The molecule has 0 radical (unpaired) electrons. The zero-order chi connectivity index (χ0) is 21.1. The molecule has 156 valence electrons. The van der Waals surface area contributed by atoms with E-state index in [1.807, 2.05) is 71.8 Å². The summed E-state index contributed by atoms with van der Waals surface area (Å²) in [6, 6.07) is 12.9. The fourth-order valence-corrected chi connectivity index (χ4v) is 3.78. The summed E-state index contributed by atoms with van der Waals surface area (Å²) in [5.74, 6) is 0.703. The highest BCUT2D eigenvalue weighted by molar-refractivity contribution is 5.94. The van der Waals surface area contributed by atoms with Crippen molar-refractivity contribution in [3.05, 3.63) is 65.6 Å². The first-order chi connectivity index (χ1) is 14.5. The number of fused-ring (bicyclic) bond motifs is 1. The largest absolute Gasteiger partial charge is 0.337 e. The number of carbonyl (C=O) groups is 2. The number of rotatable bonds is 3. The van der Waals surface area contributed by atoms with Crippen molar-refractivity contribution in [3.8, 4) is 0 Å². The Morgan fingerprint density at radius 3 is 2.63 bits per heavy atom. The van der Waals surface area contributed by atoms with Gasteiger partial charge in [-0.25, -0.2) is 4.79 Å². The lowest BCUT2D eigenvalue weighted by Gasteiger charge is -2.24. The van der Waals surface area contributed by atoms with Gasteiger partial charge in [-0.1, -0.05) is 23.8 Å². The highest BCUT2D eigenvalue weighted by atomic mass is 16.2. The number of hydrogen-bond donors (Lipinski definition) is 1. The van der Waals surface area contributed by atoms with E-state index >= 15 is 0 Å². The minimum Gasteiger partial charge on any atom is -0.337 e. The van der Waals surface area contributed by atoms with Crippen LogP contribution in [-0.4, -0.2) is 62.5 Å². The molecule has 3 aromatic rings. The maximum absolute atomic E-state index is 12.8. The Hall–Kier alpha value is -3.42. The molecule has 1 N–H and O–H groups in total. The molecule has 0 saturated carbocycles. The molecular weight excluding hydrogens is 380 g/mol. The van der Waals surface area contributed by atoms with Gasteiger partial charge in [-0.3, -0.25) is 9.20 Å². The summed E-state index contributed by atoms with van der Waals surface area (Å²) in [4.78, 5) is 29.3.